The van der Waals surface area contributed by atoms with E-state index in [-0.39, 0.29) is 23.9 Å². The van der Waals surface area contributed by atoms with Gasteiger partial charge in [0.15, 0.2) is 0 Å². The molecule has 8 heteroatoms. The minimum absolute atomic E-state index is 0.00859. The predicted octanol–water partition coefficient (Wildman–Crippen LogP) is 4.24. The van der Waals surface area contributed by atoms with Gasteiger partial charge < -0.3 is 19.5 Å². The van der Waals surface area contributed by atoms with Gasteiger partial charge in [0.2, 0.25) is 0 Å². The molecule has 0 aromatic carbocycles. The zero-order valence-corrected chi connectivity index (χ0v) is 18.3. The number of likely N-dealkylation sites (tertiary alicyclic amines) is 1. The van der Waals surface area contributed by atoms with Crippen LogP contribution in [-0.4, -0.2) is 40.5 Å². The van der Waals surface area contributed by atoms with Crippen molar-refractivity contribution in [2.24, 2.45) is 0 Å². The molecular formula is C21H26ClN3O3S. The Hall–Kier alpha value is -1.83. The van der Waals surface area contributed by atoms with Gasteiger partial charge in [-0.05, 0) is 44.4 Å². The number of carbonyl (C=O) groups is 2. The van der Waals surface area contributed by atoms with E-state index in [0.29, 0.717) is 35.4 Å². The Morgan fingerprint density at radius 3 is 2.86 bits per heavy atom. The molecule has 2 aliphatic rings. The monoisotopic (exact) mass is 435 g/mol. The molecule has 156 valence electrons. The lowest BCUT2D eigenvalue weighted by Gasteiger charge is -2.24. The van der Waals surface area contributed by atoms with E-state index in [2.05, 4.69) is 12.2 Å². The van der Waals surface area contributed by atoms with Crippen LogP contribution in [0.1, 0.15) is 70.6 Å². The van der Waals surface area contributed by atoms with Crippen molar-refractivity contribution in [3.63, 3.8) is 0 Å². The second-order valence-electron chi connectivity index (χ2n) is 7.66. The molecule has 1 N–H and O–H groups in total. The van der Waals surface area contributed by atoms with Gasteiger partial charge in [0.25, 0.3) is 11.8 Å². The van der Waals surface area contributed by atoms with Gasteiger partial charge >= 0.3 is 0 Å². The molecule has 1 saturated heterocycles. The minimum Gasteiger partial charge on any atom is -0.373 e. The van der Waals surface area contributed by atoms with Crippen LogP contribution >= 0.6 is 22.9 Å². The molecule has 2 aliphatic heterocycles. The average Bonchev–Trinajstić information content (AvgIpc) is 3.43. The fourth-order valence-corrected chi connectivity index (χ4v) is 5.40. The first-order valence-corrected chi connectivity index (χ1v) is 11.4. The normalized spacial score (nSPS) is 19.8. The lowest BCUT2D eigenvalue weighted by atomic mass is 10.1. The summed E-state index contributed by atoms with van der Waals surface area (Å²) < 4.78 is 8.28. The fourth-order valence-electron chi connectivity index (χ4n) is 4.21. The van der Waals surface area contributed by atoms with Crippen LogP contribution in [0.4, 0.5) is 0 Å². The SMILES string of the molecule is CC[C@@H](NC(=O)c1cc(C(=O)N2CCCC2C)n2c1COCC2)c1ccc(Cl)s1. The Kier molecular flexibility index (Phi) is 5.99. The molecule has 2 atom stereocenters. The summed E-state index contributed by atoms with van der Waals surface area (Å²) >= 11 is 7.54. The second-order valence-corrected chi connectivity index (χ2v) is 9.41. The number of nitrogens with zero attached hydrogens (tertiary/aromatic N) is 2. The smallest absolute Gasteiger partial charge is 0.270 e. The molecule has 4 heterocycles. The van der Waals surface area contributed by atoms with E-state index >= 15 is 0 Å². The summed E-state index contributed by atoms with van der Waals surface area (Å²) in [5.41, 5.74) is 1.90. The molecular weight excluding hydrogens is 410 g/mol. The van der Waals surface area contributed by atoms with Crippen molar-refractivity contribution in [3.05, 3.63) is 44.4 Å². The van der Waals surface area contributed by atoms with E-state index in [1.807, 2.05) is 28.5 Å². The Morgan fingerprint density at radius 2 is 2.21 bits per heavy atom. The first-order valence-electron chi connectivity index (χ1n) is 10.2. The first-order chi connectivity index (χ1) is 14.0. The van der Waals surface area contributed by atoms with Crippen molar-refractivity contribution in [1.29, 1.82) is 0 Å². The summed E-state index contributed by atoms with van der Waals surface area (Å²) in [7, 11) is 0. The third-order valence-corrected chi connectivity index (χ3v) is 7.18. The van der Waals surface area contributed by atoms with Gasteiger partial charge in [-0.15, -0.1) is 11.3 Å². The van der Waals surface area contributed by atoms with E-state index in [9.17, 15) is 9.59 Å². The van der Waals surface area contributed by atoms with Crippen molar-refractivity contribution < 1.29 is 14.3 Å². The van der Waals surface area contributed by atoms with Crippen molar-refractivity contribution in [3.8, 4) is 0 Å². The van der Waals surface area contributed by atoms with Crippen LogP contribution in [0.5, 0.6) is 0 Å². The maximum atomic E-state index is 13.2. The second kappa shape index (κ2) is 8.50. The lowest BCUT2D eigenvalue weighted by Crippen LogP contribution is -2.35. The highest BCUT2D eigenvalue weighted by molar-refractivity contribution is 7.16. The summed E-state index contributed by atoms with van der Waals surface area (Å²) in [4.78, 5) is 29.3. The van der Waals surface area contributed by atoms with Crippen LogP contribution in [0.15, 0.2) is 18.2 Å². The highest BCUT2D eigenvalue weighted by Crippen LogP contribution is 2.30. The van der Waals surface area contributed by atoms with Gasteiger partial charge in [-0.1, -0.05) is 18.5 Å². The maximum Gasteiger partial charge on any atom is 0.270 e. The number of thiophene rings is 1. The largest absolute Gasteiger partial charge is 0.373 e. The fraction of sp³-hybridized carbons (Fsp3) is 0.524. The zero-order valence-electron chi connectivity index (χ0n) is 16.7. The molecule has 0 bridgehead atoms. The molecule has 1 fully saturated rings. The van der Waals surface area contributed by atoms with Crippen LogP contribution in [0.2, 0.25) is 4.34 Å². The number of nitrogens with one attached hydrogen (secondary N) is 1. The Labute approximate surface area is 179 Å². The molecule has 4 rings (SSSR count). The summed E-state index contributed by atoms with van der Waals surface area (Å²) in [6.45, 7) is 6.36. The standard InChI is InChI=1S/C21H26ClN3O3S/c1-3-15(18-6-7-19(22)29-18)23-20(26)14-11-16(25-9-10-28-12-17(14)25)21(27)24-8-4-5-13(24)2/h6-7,11,13,15H,3-5,8-10,12H2,1-2H3,(H,23,26)/t13?,15-/m1/s1. The number of rotatable bonds is 5. The van der Waals surface area contributed by atoms with Gasteiger partial charge in [0.05, 0.1) is 34.8 Å². The van der Waals surface area contributed by atoms with E-state index in [0.717, 1.165) is 36.4 Å². The van der Waals surface area contributed by atoms with Crippen molar-refractivity contribution >= 4 is 34.8 Å². The number of hydrogen-bond donors (Lipinski definition) is 1. The zero-order chi connectivity index (χ0) is 20.5. The molecule has 2 aromatic rings. The molecule has 0 radical (unpaired) electrons. The molecule has 2 aromatic heterocycles. The summed E-state index contributed by atoms with van der Waals surface area (Å²) in [5.74, 6) is -0.168. The topological polar surface area (TPSA) is 63.6 Å². The van der Waals surface area contributed by atoms with Crippen molar-refractivity contribution in [2.75, 3.05) is 13.2 Å². The van der Waals surface area contributed by atoms with Crippen LogP contribution in [-0.2, 0) is 17.9 Å². The van der Waals surface area contributed by atoms with Crippen molar-refractivity contribution in [1.82, 2.24) is 14.8 Å². The van der Waals surface area contributed by atoms with E-state index in [1.54, 1.807) is 6.07 Å². The molecule has 1 unspecified atom stereocenters. The molecule has 0 saturated carbocycles. The maximum absolute atomic E-state index is 13.2. The number of aromatic nitrogens is 1. The van der Waals surface area contributed by atoms with Crippen LogP contribution in [0, 0.1) is 0 Å². The van der Waals surface area contributed by atoms with Gasteiger partial charge in [0.1, 0.15) is 5.69 Å². The Bertz CT molecular complexity index is 922. The third kappa shape index (κ3) is 3.96. The minimum atomic E-state index is -0.177. The van der Waals surface area contributed by atoms with Crippen LogP contribution in [0.25, 0.3) is 0 Å². The van der Waals surface area contributed by atoms with E-state index < -0.39 is 0 Å². The number of ether oxygens (including phenoxy) is 1. The Morgan fingerprint density at radius 1 is 1.38 bits per heavy atom. The number of halogens is 1. The first kappa shape index (κ1) is 20.4. The quantitative estimate of drug-likeness (QED) is 0.764. The summed E-state index contributed by atoms with van der Waals surface area (Å²) in [5, 5.41) is 3.11. The number of amides is 2. The molecule has 2 amide bonds. The Balaban J connectivity index is 1.62. The van der Waals surface area contributed by atoms with E-state index in [4.69, 9.17) is 16.3 Å². The number of fused-ring (bicyclic) bond motifs is 1. The average molecular weight is 436 g/mol. The highest BCUT2D eigenvalue weighted by Gasteiger charge is 2.32. The van der Waals surface area contributed by atoms with E-state index in [1.165, 1.54) is 11.3 Å². The third-order valence-electron chi connectivity index (χ3n) is 5.84. The molecule has 0 aliphatic carbocycles. The lowest BCUT2D eigenvalue weighted by molar-refractivity contribution is 0.0683. The van der Waals surface area contributed by atoms with Gasteiger partial charge in [-0.25, -0.2) is 0 Å². The van der Waals surface area contributed by atoms with Gasteiger partial charge in [0, 0.05) is 24.0 Å². The molecule has 29 heavy (non-hydrogen) atoms. The molecule has 6 nitrogen and oxygen atoms in total. The summed E-state index contributed by atoms with van der Waals surface area (Å²) in [6.07, 6.45) is 2.81. The number of carbonyl (C=O) groups excluding carboxylic acids is 2. The summed E-state index contributed by atoms with van der Waals surface area (Å²) in [6, 6.07) is 5.67. The van der Waals surface area contributed by atoms with Crippen LogP contribution < -0.4 is 5.32 Å². The van der Waals surface area contributed by atoms with Gasteiger partial charge in [-0.2, -0.15) is 0 Å². The highest BCUT2D eigenvalue weighted by atomic mass is 35.5. The molecule has 0 spiro atoms. The van der Waals surface area contributed by atoms with Crippen molar-refractivity contribution in [2.45, 2.75) is 58.3 Å². The number of hydrogen-bond acceptors (Lipinski definition) is 4. The van der Waals surface area contributed by atoms with Crippen LogP contribution in [0.3, 0.4) is 0 Å². The predicted molar refractivity (Wildman–Crippen MR) is 114 cm³/mol. The van der Waals surface area contributed by atoms with Gasteiger partial charge in [-0.3, -0.25) is 9.59 Å².